The Kier molecular flexibility index (Phi) is 4.71. The molecule has 0 radical (unpaired) electrons. The maximum Gasteiger partial charge on any atom is 0.257 e. The highest BCUT2D eigenvalue weighted by Crippen LogP contribution is 2.24. The van der Waals surface area contributed by atoms with E-state index in [2.05, 4.69) is 29.9 Å². The van der Waals surface area contributed by atoms with Gasteiger partial charge in [-0.1, -0.05) is 5.16 Å². The maximum atomic E-state index is 5.76. The predicted molar refractivity (Wildman–Crippen MR) is 84.3 cm³/mol. The van der Waals surface area contributed by atoms with Crippen molar-refractivity contribution in [2.75, 3.05) is 31.1 Å². The molecule has 0 bridgehead atoms. The van der Waals surface area contributed by atoms with Crippen molar-refractivity contribution in [3.63, 3.8) is 0 Å². The molecular formula is C15H22N6O2. The number of rotatable bonds is 5. The fraction of sp³-hybridized carbons (Fsp3) is 0.600. The molecule has 0 saturated carbocycles. The molecule has 23 heavy (non-hydrogen) atoms. The van der Waals surface area contributed by atoms with Crippen molar-refractivity contribution in [3.8, 4) is 5.88 Å². The summed E-state index contributed by atoms with van der Waals surface area (Å²) in [5, 5.41) is 3.95. The van der Waals surface area contributed by atoms with Crippen molar-refractivity contribution in [3.05, 3.63) is 24.1 Å². The van der Waals surface area contributed by atoms with E-state index >= 15 is 0 Å². The normalized spacial score (nSPS) is 16.1. The molecule has 1 aliphatic rings. The van der Waals surface area contributed by atoms with E-state index in [0.29, 0.717) is 18.3 Å². The Labute approximate surface area is 135 Å². The smallest absolute Gasteiger partial charge is 0.257 e. The Morgan fingerprint density at radius 3 is 2.57 bits per heavy atom. The fourth-order valence-electron chi connectivity index (χ4n) is 2.56. The maximum absolute atomic E-state index is 5.76. The van der Waals surface area contributed by atoms with Gasteiger partial charge in [-0.2, -0.15) is 4.98 Å². The summed E-state index contributed by atoms with van der Waals surface area (Å²) in [6, 6.07) is 0. The largest absolute Gasteiger partial charge is 0.472 e. The first kappa shape index (κ1) is 15.7. The number of aromatic nitrogens is 4. The molecule has 0 amide bonds. The minimum atomic E-state index is 0.0771. The first-order valence-electron chi connectivity index (χ1n) is 7.86. The zero-order chi connectivity index (χ0) is 16.2. The number of aryl methyl sites for hydroxylation is 1. The number of ether oxygens (including phenoxy) is 1. The average Bonchev–Trinajstić information content (AvgIpc) is 2.93. The van der Waals surface area contributed by atoms with Gasteiger partial charge in [-0.3, -0.25) is 4.90 Å². The second kappa shape index (κ2) is 6.91. The average molecular weight is 318 g/mol. The third-order valence-corrected chi connectivity index (χ3v) is 3.60. The predicted octanol–water partition coefficient (Wildman–Crippen LogP) is 1.28. The zero-order valence-electron chi connectivity index (χ0n) is 13.8. The van der Waals surface area contributed by atoms with Crippen molar-refractivity contribution >= 4 is 5.82 Å². The molecule has 1 saturated heterocycles. The molecule has 3 rings (SSSR count). The SMILES string of the molecule is Cc1nc(CN2CCN(c3nccnc3OC(C)C)CC2)no1. The lowest BCUT2D eigenvalue weighted by Gasteiger charge is -2.35. The Hall–Kier alpha value is -2.22. The van der Waals surface area contributed by atoms with Crippen molar-refractivity contribution in [2.24, 2.45) is 0 Å². The summed E-state index contributed by atoms with van der Waals surface area (Å²) in [5.74, 6) is 2.76. The van der Waals surface area contributed by atoms with Gasteiger partial charge in [0.15, 0.2) is 11.6 Å². The molecular weight excluding hydrogens is 296 g/mol. The number of anilines is 1. The van der Waals surface area contributed by atoms with Crippen LogP contribution in [-0.4, -0.2) is 57.3 Å². The molecule has 2 aromatic heterocycles. The summed E-state index contributed by atoms with van der Waals surface area (Å²) < 4.78 is 10.8. The van der Waals surface area contributed by atoms with Crippen molar-refractivity contribution in [1.82, 2.24) is 25.0 Å². The number of hydrogen-bond donors (Lipinski definition) is 0. The summed E-state index contributed by atoms with van der Waals surface area (Å²) in [4.78, 5) is 17.5. The highest BCUT2D eigenvalue weighted by molar-refractivity contribution is 5.48. The van der Waals surface area contributed by atoms with Crippen LogP contribution >= 0.6 is 0 Å². The van der Waals surface area contributed by atoms with Gasteiger partial charge in [0.25, 0.3) is 5.88 Å². The van der Waals surface area contributed by atoms with Crippen LogP contribution in [0.25, 0.3) is 0 Å². The molecule has 0 N–H and O–H groups in total. The van der Waals surface area contributed by atoms with Crippen LogP contribution in [0.15, 0.2) is 16.9 Å². The van der Waals surface area contributed by atoms with Crippen molar-refractivity contribution in [1.29, 1.82) is 0 Å². The van der Waals surface area contributed by atoms with Gasteiger partial charge in [-0.05, 0) is 13.8 Å². The van der Waals surface area contributed by atoms with Gasteiger partial charge in [0.2, 0.25) is 5.89 Å². The lowest BCUT2D eigenvalue weighted by molar-refractivity contribution is 0.224. The van der Waals surface area contributed by atoms with Gasteiger partial charge in [0.1, 0.15) is 0 Å². The number of hydrogen-bond acceptors (Lipinski definition) is 8. The zero-order valence-corrected chi connectivity index (χ0v) is 13.8. The Bertz CT molecular complexity index is 636. The molecule has 124 valence electrons. The van der Waals surface area contributed by atoms with Crippen LogP contribution in [0.5, 0.6) is 5.88 Å². The molecule has 0 unspecified atom stereocenters. The minimum absolute atomic E-state index is 0.0771. The van der Waals surface area contributed by atoms with Gasteiger partial charge >= 0.3 is 0 Å². The quantitative estimate of drug-likeness (QED) is 0.815. The second-order valence-corrected chi connectivity index (χ2v) is 5.84. The molecule has 0 aliphatic carbocycles. The summed E-state index contributed by atoms with van der Waals surface area (Å²) in [5.41, 5.74) is 0. The van der Waals surface area contributed by atoms with Gasteiger partial charge in [0, 0.05) is 45.5 Å². The number of nitrogens with zero attached hydrogens (tertiary/aromatic N) is 6. The van der Waals surface area contributed by atoms with Crippen LogP contribution in [0.3, 0.4) is 0 Å². The molecule has 0 spiro atoms. The van der Waals surface area contributed by atoms with Gasteiger partial charge in [0.05, 0.1) is 12.6 Å². The molecule has 3 heterocycles. The van der Waals surface area contributed by atoms with Gasteiger partial charge in [-0.15, -0.1) is 0 Å². The second-order valence-electron chi connectivity index (χ2n) is 5.84. The molecule has 8 heteroatoms. The first-order chi connectivity index (χ1) is 11.1. The Balaban J connectivity index is 1.60. The van der Waals surface area contributed by atoms with Crippen LogP contribution in [0.4, 0.5) is 5.82 Å². The third-order valence-electron chi connectivity index (χ3n) is 3.60. The molecule has 2 aromatic rings. The highest BCUT2D eigenvalue weighted by atomic mass is 16.5. The van der Waals surface area contributed by atoms with E-state index in [1.165, 1.54) is 0 Å². The Morgan fingerprint density at radius 1 is 1.17 bits per heavy atom. The van der Waals surface area contributed by atoms with E-state index in [9.17, 15) is 0 Å². The lowest BCUT2D eigenvalue weighted by atomic mass is 10.3. The molecule has 0 atom stereocenters. The molecule has 1 aliphatic heterocycles. The van der Waals surface area contributed by atoms with Crippen LogP contribution in [0.1, 0.15) is 25.6 Å². The van der Waals surface area contributed by atoms with Crippen LogP contribution in [0, 0.1) is 6.92 Å². The summed E-state index contributed by atoms with van der Waals surface area (Å²) in [6.45, 7) is 10.0. The summed E-state index contributed by atoms with van der Waals surface area (Å²) >= 11 is 0. The minimum Gasteiger partial charge on any atom is -0.472 e. The topological polar surface area (TPSA) is 80.4 Å². The van der Waals surface area contributed by atoms with Crippen LogP contribution in [-0.2, 0) is 6.54 Å². The van der Waals surface area contributed by atoms with E-state index in [-0.39, 0.29) is 6.10 Å². The Morgan fingerprint density at radius 2 is 1.91 bits per heavy atom. The monoisotopic (exact) mass is 318 g/mol. The van der Waals surface area contributed by atoms with Gasteiger partial charge < -0.3 is 14.2 Å². The standard InChI is InChI=1S/C15H22N6O2/c1-11(2)22-15-14(16-4-5-17-15)21-8-6-20(7-9-21)10-13-18-12(3)23-19-13/h4-5,11H,6-10H2,1-3H3. The van der Waals surface area contributed by atoms with E-state index in [1.807, 2.05) is 13.8 Å². The van der Waals surface area contributed by atoms with Crippen LogP contribution in [0.2, 0.25) is 0 Å². The third kappa shape index (κ3) is 3.95. The van der Waals surface area contributed by atoms with Crippen LogP contribution < -0.4 is 9.64 Å². The molecule has 8 nitrogen and oxygen atoms in total. The van der Waals surface area contributed by atoms with E-state index in [1.54, 1.807) is 19.3 Å². The fourth-order valence-corrected chi connectivity index (χ4v) is 2.56. The van der Waals surface area contributed by atoms with Gasteiger partial charge in [-0.25, -0.2) is 9.97 Å². The molecule has 0 aromatic carbocycles. The van der Waals surface area contributed by atoms with E-state index in [0.717, 1.165) is 37.8 Å². The van der Waals surface area contributed by atoms with E-state index in [4.69, 9.17) is 9.26 Å². The van der Waals surface area contributed by atoms with E-state index < -0.39 is 0 Å². The number of piperazine rings is 1. The molecule has 1 fully saturated rings. The summed E-state index contributed by atoms with van der Waals surface area (Å²) in [7, 11) is 0. The summed E-state index contributed by atoms with van der Waals surface area (Å²) in [6.07, 6.45) is 3.45. The van der Waals surface area contributed by atoms with Crippen molar-refractivity contribution < 1.29 is 9.26 Å². The first-order valence-corrected chi connectivity index (χ1v) is 7.86. The van der Waals surface area contributed by atoms with Crippen molar-refractivity contribution in [2.45, 2.75) is 33.4 Å². The lowest BCUT2D eigenvalue weighted by Crippen LogP contribution is -2.46. The highest BCUT2D eigenvalue weighted by Gasteiger charge is 2.22.